The molecule has 0 aliphatic carbocycles. The number of benzene rings is 2. The Kier molecular flexibility index (Phi) is 7.87. The number of halogens is 2. The molecule has 0 aromatic heterocycles. The summed E-state index contributed by atoms with van der Waals surface area (Å²) in [6.45, 7) is 4.30. The van der Waals surface area contributed by atoms with E-state index in [0.29, 0.717) is 0 Å². The molecular weight excluding hydrogens is 454 g/mol. The third-order valence-corrected chi connectivity index (χ3v) is 3.17. The van der Waals surface area contributed by atoms with Crippen molar-refractivity contribution >= 4 is 10.8 Å². The minimum Gasteiger partial charge on any atom is -1.00 e. The predicted octanol–water partition coefficient (Wildman–Crippen LogP) is -1.15. The average Bonchev–Trinajstić information content (AvgIpc) is 2.71. The molecule has 0 saturated carbocycles. The van der Waals surface area contributed by atoms with Gasteiger partial charge in [0, 0.05) is 25.8 Å². The van der Waals surface area contributed by atoms with Gasteiger partial charge in [0.25, 0.3) is 0 Å². The molecule has 3 heteroatoms. The van der Waals surface area contributed by atoms with Crippen molar-refractivity contribution in [1.29, 1.82) is 0 Å². The van der Waals surface area contributed by atoms with Crippen LogP contribution in [0.4, 0.5) is 0 Å². The molecule has 0 nitrogen and oxygen atoms in total. The van der Waals surface area contributed by atoms with E-state index in [2.05, 4.69) is 68.4 Å². The van der Waals surface area contributed by atoms with E-state index in [9.17, 15) is 0 Å². The Morgan fingerprint density at radius 1 is 0.800 bits per heavy atom. The van der Waals surface area contributed by atoms with Gasteiger partial charge < -0.3 is 24.8 Å². The van der Waals surface area contributed by atoms with E-state index in [1.54, 1.807) is 0 Å². The summed E-state index contributed by atoms with van der Waals surface area (Å²) in [7, 11) is 0. The monoisotopic (exact) mass is 469 g/mol. The Bertz CT molecular complexity index is 633. The van der Waals surface area contributed by atoms with E-state index in [-0.39, 0.29) is 50.7 Å². The molecule has 0 bridgehead atoms. The smallest absolute Gasteiger partial charge is 0 e. The summed E-state index contributed by atoms with van der Waals surface area (Å²) in [4.78, 5) is 0. The molecule has 3 aromatic carbocycles. The first-order chi connectivity index (χ1) is 8.22. The molecule has 0 heterocycles. The molecule has 0 saturated heterocycles. The molecule has 0 aliphatic rings. The largest absolute Gasteiger partial charge is 1.00 e. The second-order valence-corrected chi connectivity index (χ2v) is 4.75. The minimum atomic E-state index is 0. The van der Waals surface area contributed by atoms with Crippen LogP contribution < -0.4 is 24.8 Å². The van der Waals surface area contributed by atoms with Gasteiger partial charge in [-0.15, -0.1) is 34.5 Å². The van der Waals surface area contributed by atoms with Crippen LogP contribution in [0.2, 0.25) is 0 Å². The number of fused-ring (bicyclic) bond motifs is 1. The molecule has 20 heavy (non-hydrogen) atoms. The van der Waals surface area contributed by atoms with Gasteiger partial charge in [0.05, 0.1) is 0 Å². The van der Waals surface area contributed by atoms with Crippen LogP contribution in [0, 0.1) is 13.8 Å². The zero-order valence-electron chi connectivity index (χ0n) is 11.5. The SMILES string of the molecule is Cc1cc(C)cc(-c2cc3ccccc3[cH-]2)c1.[Cl-].[Cl-].[Hf]. The maximum absolute atomic E-state index is 2.27. The van der Waals surface area contributed by atoms with Crippen molar-refractivity contribution in [2.24, 2.45) is 0 Å². The van der Waals surface area contributed by atoms with E-state index in [1.807, 2.05) is 0 Å². The Labute approximate surface area is 151 Å². The van der Waals surface area contributed by atoms with Crippen LogP contribution in [0.5, 0.6) is 0 Å². The van der Waals surface area contributed by atoms with Gasteiger partial charge in [-0.05, 0) is 13.8 Å². The number of hydrogen-bond acceptors (Lipinski definition) is 0. The van der Waals surface area contributed by atoms with Crippen LogP contribution in [-0.4, -0.2) is 0 Å². The molecule has 3 rings (SSSR count). The fourth-order valence-electron chi connectivity index (χ4n) is 2.46. The van der Waals surface area contributed by atoms with Gasteiger partial charge in [0.15, 0.2) is 0 Å². The molecule has 0 spiro atoms. The van der Waals surface area contributed by atoms with Gasteiger partial charge in [-0.1, -0.05) is 53.1 Å². The van der Waals surface area contributed by atoms with Crippen LogP contribution in [0.25, 0.3) is 21.9 Å². The molecule has 0 atom stereocenters. The van der Waals surface area contributed by atoms with Gasteiger partial charge in [0.1, 0.15) is 0 Å². The molecular formula is C17H15Cl2Hf-3. The molecule has 0 N–H and O–H groups in total. The van der Waals surface area contributed by atoms with E-state index in [4.69, 9.17) is 0 Å². The zero-order chi connectivity index (χ0) is 11.8. The Morgan fingerprint density at radius 2 is 1.40 bits per heavy atom. The van der Waals surface area contributed by atoms with Crippen LogP contribution in [0.3, 0.4) is 0 Å². The first kappa shape index (κ1) is 19.5. The van der Waals surface area contributed by atoms with Crippen molar-refractivity contribution < 1.29 is 50.7 Å². The second-order valence-electron chi connectivity index (χ2n) is 4.75. The first-order valence-electron chi connectivity index (χ1n) is 5.96. The third-order valence-electron chi connectivity index (χ3n) is 3.17. The fourth-order valence-corrected chi connectivity index (χ4v) is 2.46. The topological polar surface area (TPSA) is 0 Å². The van der Waals surface area contributed by atoms with Crippen molar-refractivity contribution in [3.8, 4) is 11.1 Å². The van der Waals surface area contributed by atoms with Crippen molar-refractivity contribution in [3.63, 3.8) is 0 Å². The number of aryl methyl sites for hydroxylation is 2. The molecule has 0 unspecified atom stereocenters. The van der Waals surface area contributed by atoms with E-state index in [0.717, 1.165) is 0 Å². The standard InChI is InChI=1S/C17H15.2ClH.Hf/c1-12-7-13(2)9-16(8-12)17-10-14-5-3-4-6-15(14)11-17;;;/h3-11H,1-2H3;2*1H;/q-1;;;/p-2. The summed E-state index contributed by atoms with van der Waals surface area (Å²) in [5.74, 6) is 0. The Hall–Kier alpha value is -0.500. The van der Waals surface area contributed by atoms with Crippen LogP contribution >= 0.6 is 0 Å². The Morgan fingerprint density at radius 3 is 2.00 bits per heavy atom. The zero-order valence-corrected chi connectivity index (χ0v) is 16.6. The maximum atomic E-state index is 2.27. The summed E-state index contributed by atoms with van der Waals surface area (Å²) in [5, 5.41) is 2.64. The second kappa shape index (κ2) is 8.07. The van der Waals surface area contributed by atoms with Gasteiger partial charge in [0.2, 0.25) is 0 Å². The van der Waals surface area contributed by atoms with Crippen LogP contribution in [0.15, 0.2) is 54.6 Å². The summed E-state index contributed by atoms with van der Waals surface area (Å²) < 4.78 is 0. The summed E-state index contributed by atoms with van der Waals surface area (Å²) in [6.07, 6.45) is 0. The van der Waals surface area contributed by atoms with Gasteiger partial charge in [-0.25, -0.2) is 0 Å². The molecule has 0 radical (unpaired) electrons. The summed E-state index contributed by atoms with van der Waals surface area (Å²) >= 11 is 0. The number of hydrogen-bond donors (Lipinski definition) is 0. The summed E-state index contributed by atoms with van der Waals surface area (Å²) in [5.41, 5.74) is 5.28. The molecule has 3 aromatic rings. The number of rotatable bonds is 1. The third kappa shape index (κ3) is 4.00. The van der Waals surface area contributed by atoms with Gasteiger partial charge >= 0.3 is 0 Å². The van der Waals surface area contributed by atoms with Crippen LogP contribution in [0.1, 0.15) is 11.1 Å². The average molecular weight is 469 g/mol. The molecule has 0 fully saturated rings. The Balaban J connectivity index is 0.00000120. The van der Waals surface area contributed by atoms with Crippen LogP contribution in [-0.2, 0) is 25.8 Å². The van der Waals surface area contributed by atoms with Gasteiger partial charge in [-0.3, -0.25) is 0 Å². The van der Waals surface area contributed by atoms with Crippen molar-refractivity contribution in [3.05, 3.63) is 65.7 Å². The van der Waals surface area contributed by atoms with Crippen molar-refractivity contribution in [2.45, 2.75) is 13.8 Å². The van der Waals surface area contributed by atoms with E-state index in [1.165, 1.54) is 33.0 Å². The predicted molar refractivity (Wildman–Crippen MR) is 74.5 cm³/mol. The van der Waals surface area contributed by atoms with Crippen molar-refractivity contribution in [2.75, 3.05) is 0 Å². The first-order valence-corrected chi connectivity index (χ1v) is 5.96. The van der Waals surface area contributed by atoms with E-state index < -0.39 is 0 Å². The fraction of sp³-hybridized carbons (Fsp3) is 0.118. The molecule has 0 aliphatic heterocycles. The maximum Gasteiger partial charge on any atom is 0 e. The normalized spacial score (nSPS) is 9.30. The quantitative estimate of drug-likeness (QED) is 0.313. The van der Waals surface area contributed by atoms with Gasteiger partial charge in [-0.2, -0.15) is 0 Å². The van der Waals surface area contributed by atoms with Crippen molar-refractivity contribution in [1.82, 2.24) is 0 Å². The minimum absolute atomic E-state index is 0. The summed E-state index contributed by atoms with van der Waals surface area (Å²) in [6, 6.07) is 19.8. The van der Waals surface area contributed by atoms with E-state index >= 15 is 0 Å². The molecule has 104 valence electrons. The molecule has 0 amide bonds.